The Bertz CT molecular complexity index is 777. The van der Waals surface area contributed by atoms with E-state index in [0.29, 0.717) is 0 Å². The van der Waals surface area contributed by atoms with Gasteiger partial charge in [-0.25, -0.2) is 0 Å². The third kappa shape index (κ3) is 2.50. The molecule has 0 aliphatic heterocycles. The van der Waals surface area contributed by atoms with Crippen LogP contribution in [0.4, 0.5) is 0 Å². The van der Waals surface area contributed by atoms with Gasteiger partial charge in [0, 0.05) is 17.8 Å². The fourth-order valence-electron chi connectivity index (χ4n) is 2.74. The molecule has 0 saturated heterocycles. The Morgan fingerprint density at radius 1 is 1.05 bits per heavy atom. The van der Waals surface area contributed by atoms with Gasteiger partial charge in [0.15, 0.2) is 0 Å². The lowest BCUT2D eigenvalue weighted by atomic mass is 9.94. The van der Waals surface area contributed by atoms with Crippen LogP contribution < -0.4 is 5.32 Å². The first-order valence-electron chi connectivity index (χ1n) is 7.01. The summed E-state index contributed by atoms with van der Waals surface area (Å²) in [7, 11) is 1.97. The average Bonchev–Trinajstić information content (AvgIpc) is 2.51. The van der Waals surface area contributed by atoms with Crippen LogP contribution in [0.1, 0.15) is 28.6 Å². The van der Waals surface area contributed by atoms with E-state index in [2.05, 4.69) is 50.8 Å². The number of nitrogens with zero attached hydrogens (tertiary/aromatic N) is 3. The van der Waals surface area contributed by atoms with Crippen molar-refractivity contribution in [2.24, 2.45) is 0 Å². The van der Waals surface area contributed by atoms with Gasteiger partial charge < -0.3 is 5.32 Å². The van der Waals surface area contributed by atoms with Crippen LogP contribution in [0.5, 0.6) is 0 Å². The van der Waals surface area contributed by atoms with Crippen LogP contribution in [0.3, 0.4) is 0 Å². The zero-order valence-electron chi connectivity index (χ0n) is 12.5. The molecular formula is C17H18N4. The van der Waals surface area contributed by atoms with Crippen molar-refractivity contribution in [3.8, 4) is 0 Å². The van der Waals surface area contributed by atoms with Gasteiger partial charge in [0.1, 0.15) is 0 Å². The van der Waals surface area contributed by atoms with Gasteiger partial charge in [0.25, 0.3) is 0 Å². The molecule has 1 unspecified atom stereocenters. The number of benzene rings is 1. The highest BCUT2D eigenvalue weighted by Crippen LogP contribution is 2.29. The molecule has 4 heteroatoms. The van der Waals surface area contributed by atoms with Gasteiger partial charge in [-0.1, -0.05) is 18.2 Å². The maximum Gasteiger partial charge on any atom is 0.0651 e. The third-order valence-corrected chi connectivity index (χ3v) is 3.77. The van der Waals surface area contributed by atoms with Crippen LogP contribution in [0.2, 0.25) is 0 Å². The van der Waals surface area contributed by atoms with Gasteiger partial charge in [-0.3, -0.25) is 4.98 Å². The molecule has 0 fully saturated rings. The number of rotatable bonds is 3. The highest BCUT2D eigenvalue weighted by Gasteiger charge is 2.17. The number of hydrogen-bond donors (Lipinski definition) is 1. The molecule has 3 aromatic rings. The summed E-state index contributed by atoms with van der Waals surface area (Å²) in [5, 5.41) is 14.1. The lowest BCUT2D eigenvalue weighted by Gasteiger charge is -2.20. The van der Waals surface area contributed by atoms with Crippen LogP contribution in [-0.2, 0) is 0 Å². The van der Waals surface area contributed by atoms with Crippen molar-refractivity contribution < 1.29 is 0 Å². The molecule has 0 bridgehead atoms. The molecule has 1 aromatic carbocycles. The Labute approximate surface area is 124 Å². The van der Waals surface area contributed by atoms with Crippen molar-refractivity contribution in [2.45, 2.75) is 19.9 Å². The van der Waals surface area contributed by atoms with Crippen LogP contribution in [0.15, 0.2) is 42.7 Å². The molecule has 21 heavy (non-hydrogen) atoms. The normalized spacial score (nSPS) is 12.5. The Hall–Kier alpha value is -2.33. The van der Waals surface area contributed by atoms with Crippen molar-refractivity contribution >= 4 is 10.8 Å². The van der Waals surface area contributed by atoms with Crippen molar-refractivity contribution in [2.75, 3.05) is 7.05 Å². The summed E-state index contributed by atoms with van der Waals surface area (Å²) in [5.41, 5.74) is 4.27. The molecule has 2 heterocycles. The number of fused-ring (bicyclic) bond motifs is 1. The van der Waals surface area contributed by atoms with Crippen molar-refractivity contribution in [1.82, 2.24) is 20.5 Å². The zero-order valence-corrected chi connectivity index (χ0v) is 12.5. The summed E-state index contributed by atoms with van der Waals surface area (Å²) in [6.07, 6.45) is 3.73. The monoisotopic (exact) mass is 278 g/mol. The SMILES string of the molecule is CNC(c1cc(C)nnc1C)c1cccc2cnccc12. The Balaban J connectivity index is 2.21. The van der Waals surface area contributed by atoms with Crippen LogP contribution in [0.25, 0.3) is 10.8 Å². The summed E-state index contributed by atoms with van der Waals surface area (Å²) in [6.45, 7) is 3.97. The molecule has 0 aliphatic carbocycles. The smallest absolute Gasteiger partial charge is 0.0651 e. The molecule has 2 aromatic heterocycles. The van der Waals surface area contributed by atoms with E-state index in [0.717, 1.165) is 22.3 Å². The zero-order chi connectivity index (χ0) is 14.8. The number of aromatic nitrogens is 3. The van der Waals surface area contributed by atoms with Gasteiger partial charge in [0.05, 0.1) is 17.4 Å². The van der Waals surface area contributed by atoms with E-state index < -0.39 is 0 Å². The first-order chi connectivity index (χ1) is 10.2. The second-order valence-electron chi connectivity index (χ2n) is 5.19. The second kappa shape index (κ2) is 5.58. The molecule has 0 aliphatic rings. The fourth-order valence-corrected chi connectivity index (χ4v) is 2.74. The summed E-state index contributed by atoms with van der Waals surface area (Å²) in [4.78, 5) is 4.20. The Morgan fingerprint density at radius 3 is 2.71 bits per heavy atom. The van der Waals surface area contributed by atoms with Crippen molar-refractivity contribution in [3.05, 3.63) is 65.2 Å². The molecule has 4 nitrogen and oxygen atoms in total. The third-order valence-electron chi connectivity index (χ3n) is 3.77. The molecule has 106 valence electrons. The molecule has 0 radical (unpaired) electrons. The first-order valence-corrected chi connectivity index (χ1v) is 7.01. The first kappa shape index (κ1) is 13.6. The molecule has 1 atom stereocenters. The summed E-state index contributed by atoms with van der Waals surface area (Å²) in [6, 6.07) is 10.6. The minimum Gasteiger partial charge on any atom is -0.309 e. The minimum absolute atomic E-state index is 0.0882. The maximum atomic E-state index is 4.25. The van der Waals surface area contributed by atoms with Crippen LogP contribution >= 0.6 is 0 Å². The van der Waals surface area contributed by atoms with E-state index in [1.807, 2.05) is 33.3 Å². The highest BCUT2D eigenvalue weighted by atomic mass is 15.1. The van der Waals surface area contributed by atoms with Crippen LogP contribution in [-0.4, -0.2) is 22.2 Å². The predicted molar refractivity (Wildman–Crippen MR) is 84.2 cm³/mol. The van der Waals surface area contributed by atoms with Crippen LogP contribution in [0, 0.1) is 13.8 Å². The van der Waals surface area contributed by atoms with Crippen molar-refractivity contribution in [1.29, 1.82) is 0 Å². The number of aryl methyl sites for hydroxylation is 2. The van der Waals surface area contributed by atoms with Crippen molar-refractivity contribution in [3.63, 3.8) is 0 Å². The fraction of sp³-hybridized carbons (Fsp3) is 0.235. The maximum absolute atomic E-state index is 4.25. The molecular weight excluding hydrogens is 260 g/mol. The lowest BCUT2D eigenvalue weighted by Crippen LogP contribution is -2.20. The number of pyridine rings is 1. The second-order valence-corrected chi connectivity index (χ2v) is 5.19. The van der Waals surface area contributed by atoms with Gasteiger partial charge in [-0.2, -0.15) is 10.2 Å². The molecule has 0 amide bonds. The quantitative estimate of drug-likeness (QED) is 0.800. The van der Waals surface area contributed by atoms with Gasteiger partial charge >= 0.3 is 0 Å². The lowest BCUT2D eigenvalue weighted by molar-refractivity contribution is 0.680. The van der Waals surface area contributed by atoms with E-state index in [4.69, 9.17) is 0 Å². The van der Waals surface area contributed by atoms with Gasteiger partial charge in [-0.15, -0.1) is 0 Å². The van der Waals surface area contributed by atoms with E-state index >= 15 is 0 Å². The topological polar surface area (TPSA) is 50.7 Å². The van der Waals surface area contributed by atoms with Gasteiger partial charge in [0.2, 0.25) is 0 Å². The largest absolute Gasteiger partial charge is 0.309 e. The molecule has 0 spiro atoms. The summed E-state index contributed by atoms with van der Waals surface area (Å²) in [5.74, 6) is 0. The predicted octanol–water partition coefficient (Wildman–Crippen LogP) is 2.95. The Morgan fingerprint density at radius 2 is 1.90 bits per heavy atom. The van der Waals surface area contributed by atoms with E-state index in [-0.39, 0.29) is 6.04 Å². The number of nitrogens with one attached hydrogen (secondary N) is 1. The average molecular weight is 278 g/mol. The van der Waals surface area contributed by atoms with E-state index in [9.17, 15) is 0 Å². The highest BCUT2D eigenvalue weighted by molar-refractivity contribution is 5.85. The standard InChI is InChI=1S/C17H18N4/c1-11-9-16(12(2)21-20-11)17(18-3)15-6-4-5-13-10-19-8-7-14(13)15/h4-10,17-18H,1-3H3. The molecule has 3 rings (SSSR count). The summed E-state index contributed by atoms with van der Waals surface area (Å²) < 4.78 is 0. The summed E-state index contributed by atoms with van der Waals surface area (Å²) >= 11 is 0. The molecule has 0 saturated carbocycles. The van der Waals surface area contributed by atoms with E-state index in [1.165, 1.54) is 10.9 Å². The molecule has 1 N–H and O–H groups in total. The van der Waals surface area contributed by atoms with Gasteiger partial charge in [-0.05, 0) is 49.5 Å². The number of hydrogen-bond acceptors (Lipinski definition) is 4. The van der Waals surface area contributed by atoms with E-state index in [1.54, 1.807) is 0 Å². The Kier molecular flexibility index (Phi) is 3.62. The minimum atomic E-state index is 0.0882.